The number of benzene rings is 2. The Kier molecular flexibility index (Phi) is 5.28. The number of hydrogen-bond acceptors (Lipinski definition) is 4. The van der Waals surface area contributed by atoms with E-state index in [1.807, 2.05) is 24.3 Å². The summed E-state index contributed by atoms with van der Waals surface area (Å²) >= 11 is 9.34. The molecular formula is C20H13BrClN5O2. The zero-order chi connectivity index (χ0) is 20.4. The SMILES string of the molecule is O=C(Nc1[nH]nc(C(=O)Nc2cc3ccccc3cn2)c1Br)c1ccccc1Cl. The minimum atomic E-state index is -0.478. The van der Waals surface area contributed by atoms with Crippen molar-refractivity contribution in [1.82, 2.24) is 15.2 Å². The maximum atomic E-state index is 12.6. The summed E-state index contributed by atoms with van der Waals surface area (Å²) < 4.78 is 0.316. The first-order valence-corrected chi connectivity index (χ1v) is 9.66. The lowest BCUT2D eigenvalue weighted by Crippen LogP contribution is -2.14. The van der Waals surface area contributed by atoms with Crippen LogP contribution in [0, 0.1) is 0 Å². The number of carbonyl (C=O) groups excluding carboxylic acids is 2. The van der Waals surface area contributed by atoms with Gasteiger partial charge in [0.15, 0.2) is 5.69 Å². The van der Waals surface area contributed by atoms with Gasteiger partial charge in [-0.25, -0.2) is 4.98 Å². The molecule has 0 fully saturated rings. The molecule has 2 aromatic carbocycles. The number of H-pyrrole nitrogens is 1. The number of halogens is 2. The molecule has 4 aromatic rings. The lowest BCUT2D eigenvalue weighted by molar-refractivity contribution is 0.101. The van der Waals surface area contributed by atoms with Gasteiger partial charge in [-0.1, -0.05) is 48.0 Å². The van der Waals surface area contributed by atoms with Crippen molar-refractivity contribution >= 4 is 61.8 Å². The van der Waals surface area contributed by atoms with Crippen molar-refractivity contribution in [2.45, 2.75) is 0 Å². The van der Waals surface area contributed by atoms with E-state index in [0.29, 0.717) is 20.9 Å². The van der Waals surface area contributed by atoms with Gasteiger partial charge in [-0.15, -0.1) is 0 Å². The molecule has 144 valence electrons. The van der Waals surface area contributed by atoms with Crippen LogP contribution in [0.4, 0.5) is 11.6 Å². The van der Waals surface area contributed by atoms with Gasteiger partial charge < -0.3 is 10.6 Å². The molecular weight excluding hydrogens is 458 g/mol. The van der Waals surface area contributed by atoms with Crippen LogP contribution >= 0.6 is 27.5 Å². The number of nitrogens with zero attached hydrogens (tertiary/aromatic N) is 2. The number of nitrogens with one attached hydrogen (secondary N) is 3. The van der Waals surface area contributed by atoms with Gasteiger partial charge >= 0.3 is 0 Å². The molecule has 7 nitrogen and oxygen atoms in total. The van der Waals surface area contributed by atoms with Crippen molar-refractivity contribution in [3.8, 4) is 0 Å². The molecule has 0 atom stereocenters. The summed E-state index contributed by atoms with van der Waals surface area (Å²) in [6, 6.07) is 16.1. The third-order valence-corrected chi connectivity index (χ3v) is 5.25. The van der Waals surface area contributed by atoms with E-state index in [-0.39, 0.29) is 11.5 Å². The van der Waals surface area contributed by atoms with Crippen molar-refractivity contribution in [2.24, 2.45) is 0 Å². The molecule has 0 bridgehead atoms. The molecule has 0 aliphatic carbocycles. The summed E-state index contributed by atoms with van der Waals surface area (Å²) in [5, 5.41) is 14.2. The molecule has 0 radical (unpaired) electrons. The molecule has 0 saturated heterocycles. The molecule has 2 aromatic heterocycles. The Labute approximate surface area is 178 Å². The highest BCUT2D eigenvalue weighted by molar-refractivity contribution is 9.10. The molecule has 0 aliphatic rings. The van der Waals surface area contributed by atoms with Crippen LogP contribution in [0.3, 0.4) is 0 Å². The number of aromatic amines is 1. The van der Waals surface area contributed by atoms with E-state index in [0.717, 1.165) is 10.8 Å². The number of aromatic nitrogens is 3. The minimum absolute atomic E-state index is 0.0782. The topological polar surface area (TPSA) is 99.8 Å². The highest BCUT2D eigenvalue weighted by Gasteiger charge is 2.20. The Morgan fingerprint density at radius 1 is 0.966 bits per heavy atom. The molecule has 9 heteroatoms. The maximum absolute atomic E-state index is 12.6. The molecule has 4 rings (SSSR count). The monoisotopic (exact) mass is 469 g/mol. The second kappa shape index (κ2) is 8.02. The number of hydrogen-bond donors (Lipinski definition) is 3. The Morgan fingerprint density at radius 3 is 2.48 bits per heavy atom. The molecule has 2 heterocycles. The van der Waals surface area contributed by atoms with Crippen LogP contribution < -0.4 is 10.6 Å². The fourth-order valence-corrected chi connectivity index (χ4v) is 3.39. The Bertz CT molecular complexity index is 1240. The second-order valence-electron chi connectivity index (χ2n) is 6.07. The Balaban J connectivity index is 1.52. The number of rotatable bonds is 4. The maximum Gasteiger partial charge on any atom is 0.278 e. The summed E-state index contributed by atoms with van der Waals surface area (Å²) in [6.07, 6.45) is 1.68. The van der Waals surface area contributed by atoms with Gasteiger partial charge in [0.2, 0.25) is 0 Å². The normalized spacial score (nSPS) is 10.7. The van der Waals surface area contributed by atoms with Crippen LogP contribution in [-0.2, 0) is 0 Å². The van der Waals surface area contributed by atoms with Gasteiger partial charge in [0.25, 0.3) is 11.8 Å². The van der Waals surface area contributed by atoms with Crippen molar-refractivity contribution < 1.29 is 9.59 Å². The molecule has 0 unspecified atom stereocenters. The second-order valence-corrected chi connectivity index (χ2v) is 7.27. The number of amides is 2. The lowest BCUT2D eigenvalue weighted by atomic mass is 10.2. The molecule has 2 amide bonds. The Morgan fingerprint density at radius 2 is 1.69 bits per heavy atom. The highest BCUT2D eigenvalue weighted by atomic mass is 79.9. The lowest BCUT2D eigenvalue weighted by Gasteiger charge is -2.06. The van der Waals surface area contributed by atoms with Gasteiger partial charge in [0.1, 0.15) is 11.6 Å². The molecule has 29 heavy (non-hydrogen) atoms. The molecule has 0 saturated carbocycles. The van der Waals surface area contributed by atoms with Crippen LogP contribution in [-0.4, -0.2) is 27.0 Å². The fraction of sp³-hybridized carbons (Fsp3) is 0. The fourth-order valence-electron chi connectivity index (χ4n) is 2.72. The van der Waals surface area contributed by atoms with Gasteiger partial charge in [0, 0.05) is 11.6 Å². The van der Waals surface area contributed by atoms with Gasteiger partial charge in [-0.05, 0) is 39.5 Å². The van der Waals surface area contributed by atoms with E-state index in [1.165, 1.54) is 0 Å². The van der Waals surface area contributed by atoms with Gasteiger partial charge in [-0.3, -0.25) is 14.7 Å². The molecule has 3 N–H and O–H groups in total. The van der Waals surface area contributed by atoms with E-state index in [1.54, 1.807) is 36.5 Å². The van der Waals surface area contributed by atoms with Crippen LogP contribution in [0.1, 0.15) is 20.8 Å². The summed E-state index contributed by atoms with van der Waals surface area (Å²) in [6.45, 7) is 0. The first-order chi connectivity index (χ1) is 14.0. The minimum Gasteiger partial charge on any atom is -0.306 e. The van der Waals surface area contributed by atoms with Crippen LogP contribution in [0.5, 0.6) is 0 Å². The van der Waals surface area contributed by atoms with Crippen LogP contribution in [0.25, 0.3) is 10.8 Å². The zero-order valence-corrected chi connectivity index (χ0v) is 17.1. The average molecular weight is 471 g/mol. The first-order valence-electron chi connectivity index (χ1n) is 8.49. The van der Waals surface area contributed by atoms with E-state index in [9.17, 15) is 9.59 Å². The van der Waals surface area contributed by atoms with Crippen molar-refractivity contribution in [3.05, 3.63) is 81.5 Å². The number of pyridine rings is 1. The summed E-state index contributed by atoms with van der Waals surface area (Å²) in [5.74, 6) is -0.269. The summed E-state index contributed by atoms with van der Waals surface area (Å²) in [4.78, 5) is 29.2. The predicted molar refractivity (Wildman–Crippen MR) is 115 cm³/mol. The van der Waals surface area contributed by atoms with E-state index >= 15 is 0 Å². The van der Waals surface area contributed by atoms with Crippen molar-refractivity contribution in [2.75, 3.05) is 10.6 Å². The third kappa shape index (κ3) is 3.98. The first kappa shape index (κ1) is 19.1. The quantitative estimate of drug-likeness (QED) is 0.396. The summed E-state index contributed by atoms with van der Waals surface area (Å²) in [7, 11) is 0. The third-order valence-electron chi connectivity index (χ3n) is 4.15. The van der Waals surface area contributed by atoms with Gasteiger partial charge in [-0.2, -0.15) is 5.10 Å². The van der Waals surface area contributed by atoms with E-state index < -0.39 is 11.8 Å². The van der Waals surface area contributed by atoms with Crippen molar-refractivity contribution in [3.63, 3.8) is 0 Å². The molecule has 0 spiro atoms. The smallest absolute Gasteiger partial charge is 0.278 e. The van der Waals surface area contributed by atoms with Crippen LogP contribution in [0.2, 0.25) is 5.02 Å². The Hall–Kier alpha value is -3.23. The van der Waals surface area contributed by atoms with E-state index in [4.69, 9.17) is 11.6 Å². The number of fused-ring (bicyclic) bond motifs is 1. The standard InChI is InChI=1S/C20H13BrClN5O2/c21-16-17(20(29)24-15-9-11-5-1-2-6-12(11)10-23-15)26-27-18(16)25-19(28)13-7-3-4-8-14(13)22/h1-10H,(H,23,24,29)(H2,25,26,27,28). The largest absolute Gasteiger partial charge is 0.306 e. The predicted octanol–water partition coefficient (Wildman–Crippen LogP) is 4.88. The zero-order valence-electron chi connectivity index (χ0n) is 14.7. The number of carbonyl (C=O) groups is 2. The van der Waals surface area contributed by atoms with Gasteiger partial charge in [0.05, 0.1) is 15.1 Å². The highest BCUT2D eigenvalue weighted by Crippen LogP contribution is 2.26. The molecule has 0 aliphatic heterocycles. The summed E-state index contributed by atoms with van der Waals surface area (Å²) in [5.41, 5.74) is 0.386. The van der Waals surface area contributed by atoms with Crippen LogP contribution in [0.15, 0.2) is 65.3 Å². The number of anilines is 2. The van der Waals surface area contributed by atoms with Crippen molar-refractivity contribution in [1.29, 1.82) is 0 Å². The van der Waals surface area contributed by atoms with E-state index in [2.05, 4.69) is 41.7 Å². The average Bonchev–Trinajstić information content (AvgIpc) is 3.08.